The monoisotopic (exact) mass is 235 g/mol. The van der Waals surface area contributed by atoms with E-state index in [1.807, 2.05) is 6.92 Å². The summed E-state index contributed by atoms with van der Waals surface area (Å²) in [7, 11) is 0. The average Bonchev–Trinajstić information content (AvgIpc) is 2.29. The number of ether oxygens (including phenoxy) is 1. The van der Waals surface area contributed by atoms with Crippen molar-refractivity contribution < 1.29 is 9.53 Å². The second kappa shape index (κ2) is 4.71. The largest absolute Gasteiger partial charge is 0.384 e. The van der Waals surface area contributed by atoms with Gasteiger partial charge in [0.05, 0.1) is 0 Å². The van der Waals surface area contributed by atoms with Crippen LogP contribution in [0.2, 0.25) is 0 Å². The Balaban J connectivity index is 2.06. The number of pyridine rings is 1. The predicted octanol–water partition coefficient (Wildman–Crippen LogP) is 0.963. The fraction of sp³-hybridized carbons (Fsp3) is 0.500. The number of anilines is 1. The van der Waals surface area contributed by atoms with Crippen LogP contribution in [0.1, 0.15) is 30.1 Å². The second-order valence-corrected chi connectivity index (χ2v) is 4.60. The van der Waals surface area contributed by atoms with Crippen molar-refractivity contribution in [2.24, 2.45) is 0 Å². The Morgan fingerprint density at radius 2 is 2.24 bits per heavy atom. The van der Waals surface area contributed by atoms with Crippen molar-refractivity contribution in [3.63, 3.8) is 0 Å². The molecule has 0 saturated carbocycles. The third-order valence-electron chi connectivity index (χ3n) is 3.05. The topological polar surface area (TPSA) is 77.2 Å². The lowest BCUT2D eigenvalue weighted by molar-refractivity contribution is 0.0423. The van der Waals surface area contributed by atoms with Crippen molar-refractivity contribution >= 4 is 11.7 Å². The minimum atomic E-state index is -0.187. The van der Waals surface area contributed by atoms with Gasteiger partial charge >= 0.3 is 0 Å². The number of rotatable bonds is 2. The highest BCUT2D eigenvalue weighted by Gasteiger charge is 2.29. The van der Waals surface area contributed by atoms with E-state index in [0.717, 1.165) is 12.8 Å². The van der Waals surface area contributed by atoms with E-state index in [1.54, 1.807) is 12.1 Å². The number of hydrogen-bond acceptors (Lipinski definition) is 4. The van der Waals surface area contributed by atoms with Crippen LogP contribution >= 0.6 is 0 Å². The number of nitrogens with one attached hydrogen (secondary N) is 1. The Morgan fingerprint density at radius 1 is 1.53 bits per heavy atom. The molecule has 5 nitrogen and oxygen atoms in total. The lowest BCUT2D eigenvalue weighted by Gasteiger charge is -2.34. The Hall–Kier alpha value is -1.62. The molecular weight excluding hydrogens is 218 g/mol. The maximum Gasteiger partial charge on any atom is 0.251 e. The molecule has 1 aliphatic rings. The second-order valence-electron chi connectivity index (χ2n) is 4.60. The van der Waals surface area contributed by atoms with E-state index in [-0.39, 0.29) is 11.4 Å². The Bertz CT molecular complexity index is 414. The number of carbonyl (C=O) groups excluding carboxylic acids is 1. The predicted molar refractivity (Wildman–Crippen MR) is 64.6 cm³/mol. The summed E-state index contributed by atoms with van der Waals surface area (Å²) < 4.78 is 5.29. The molecule has 2 heterocycles. The van der Waals surface area contributed by atoms with Crippen LogP contribution in [-0.4, -0.2) is 29.6 Å². The van der Waals surface area contributed by atoms with Crippen LogP contribution < -0.4 is 11.1 Å². The molecule has 0 atom stereocenters. The van der Waals surface area contributed by atoms with E-state index in [9.17, 15) is 4.79 Å². The third kappa shape index (κ3) is 2.94. The third-order valence-corrected chi connectivity index (χ3v) is 3.05. The molecule has 3 N–H and O–H groups in total. The van der Waals surface area contributed by atoms with Gasteiger partial charge in [-0.15, -0.1) is 0 Å². The molecule has 1 aromatic heterocycles. The lowest BCUT2D eigenvalue weighted by Crippen LogP contribution is -2.49. The lowest BCUT2D eigenvalue weighted by atomic mass is 9.92. The zero-order valence-electron chi connectivity index (χ0n) is 9.90. The van der Waals surface area contributed by atoms with E-state index in [1.165, 1.54) is 6.20 Å². The summed E-state index contributed by atoms with van der Waals surface area (Å²) in [4.78, 5) is 15.9. The number of nitrogens with two attached hydrogens (primary N) is 1. The van der Waals surface area contributed by atoms with Crippen molar-refractivity contribution in [2.75, 3.05) is 18.9 Å². The highest BCUT2D eigenvalue weighted by Crippen LogP contribution is 2.20. The van der Waals surface area contributed by atoms with Gasteiger partial charge in [0.15, 0.2) is 0 Å². The number of hydrogen-bond donors (Lipinski definition) is 2. The summed E-state index contributed by atoms with van der Waals surface area (Å²) in [5.41, 5.74) is 5.91. The van der Waals surface area contributed by atoms with Gasteiger partial charge in [-0.2, -0.15) is 0 Å². The van der Waals surface area contributed by atoms with Crippen LogP contribution in [0.3, 0.4) is 0 Å². The molecule has 5 heteroatoms. The quantitative estimate of drug-likeness (QED) is 0.800. The van der Waals surface area contributed by atoms with Crippen molar-refractivity contribution in [1.29, 1.82) is 0 Å². The molecule has 1 amide bonds. The Morgan fingerprint density at radius 3 is 2.88 bits per heavy atom. The molecule has 92 valence electrons. The summed E-state index contributed by atoms with van der Waals surface area (Å²) in [6.45, 7) is 3.42. The van der Waals surface area contributed by atoms with E-state index < -0.39 is 0 Å². The molecule has 1 aliphatic heterocycles. The molecule has 0 aromatic carbocycles. The maximum absolute atomic E-state index is 12.0. The first kappa shape index (κ1) is 11.9. The first-order chi connectivity index (χ1) is 8.09. The molecule has 0 unspecified atom stereocenters. The fourth-order valence-corrected chi connectivity index (χ4v) is 1.88. The first-order valence-corrected chi connectivity index (χ1v) is 5.71. The first-order valence-electron chi connectivity index (χ1n) is 5.71. The van der Waals surface area contributed by atoms with Crippen molar-refractivity contribution in [3.05, 3.63) is 23.9 Å². The molecule has 0 radical (unpaired) electrons. The maximum atomic E-state index is 12.0. The number of carbonyl (C=O) groups is 1. The molecule has 0 aliphatic carbocycles. The summed E-state index contributed by atoms with van der Waals surface area (Å²) in [6, 6.07) is 3.24. The summed E-state index contributed by atoms with van der Waals surface area (Å²) in [6.07, 6.45) is 3.20. The van der Waals surface area contributed by atoms with Crippen LogP contribution in [-0.2, 0) is 4.74 Å². The van der Waals surface area contributed by atoms with Gasteiger partial charge in [0.1, 0.15) is 5.82 Å². The summed E-state index contributed by atoms with van der Waals surface area (Å²) in [5, 5.41) is 3.04. The van der Waals surface area contributed by atoms with Gasteiger partial charge in [0, 0.05) is 30.5 Å². The van der Waals surface area contributed by atoms with Gasteiger partial charge in [0.25, 0.3) is 5.91 Å². The SMILES string of the molecule is CC1(NC(=O)c2ccnc(N)c2)CCOCC1. The highest BCUT2D eigenvalue weighted by molar-refractivity contribution is 5.95. The summed E-state index contributed by atoms with van der Waals surface area (Å²) >= 11 is 0. The van der Waals surface area contributed by atoms with E-state index in [0.29, 0.717) is 24.6 Å². The number of nitrogens with zero attached hydrogens (tertiary/aromatic N) is 1. The van der Waals surface area contributed by atoms with Crippen molar-refractivity contribution in [3.8, 4) is 0 Å². The van der Waals surface area contributed by atoms with Crippen LogP contribution in [0, 0.1) is 0 Å². The minimum absolute atomic E-state index is 0.108. The zero-order chi connectivity index (χ0) is 12.3. The van der Waals surface area contributed by atoms with Crippen LogP contribution in [0.15, 0.2) is 18.3 Å². The molecule has 1 saturated heterocycles. The van der Waals surface area contributed by atoms with Gasteiger partial charge in [-0.3, -0.25) is 4.79 Å². The van der Waals surface area contributed by atoms with E-state index >= 15 is 0 Å². The number of aromatic nitrogens is 1. The summed E-state index contributed by atoms with van der Waals surface area (Å²) in [5.74, 6) is 0.248. The van der Waals surface area contributed by atoms with Gasteiger partial charge < -0.3 is 15.8 Å². The van der Waals surface area contributed by atoms with Crippen LogP contribution in [0.5, 0.6) is 0 Å². The molecular formula is C12H17N3O2. The zero-order valence-corrected chi connectivity index (χ0v) is 9.90. The van der Waals surface area contributed by atoms with Crippen LogP contribution in [0.25, 0.3) is 0 Å². The van der Waals surface area contributed by atoms with Crippen LogP contribution in [0.4, 0.5) is 5.82 Å². The Kier molecular flexibility index (Phi) is 3.28. The molecule has 17 heavy (non-hydrogen) atoms. The van der Waals surface area contributed by atoms with Gasteiger partial charge in [0.2, 0.25) is 0 Å². The van der Waals surface area contributed by atoms with E-state index in [2.05, 4.69) is 10.3 Å². The van der Waals surface area contributed by atoms with E-state index in [4.69, 9.17) is 10.5 Å². The normalized spacial score (nSPS) is 18.6. The average molecular weight is 235 g/mol. The van der Waals surface area contributed by atoms with Gasteiger partial charge in [-0.25, -0.2) is 4.98 Å². The molecule has 2 rings (SSSR count). The smallest absolute Gasteiger partial charge is 0.251 e. The number of nitrogen functional groups attached to an aromatic ring is 1. The standard InChI is InChI=1S/C12H17N3O2/c1-12(3-6-17-7-4-12)15-11(16)9-2-5-14-10(13)8-9/h2,5,8H,3-4,6-7H2,1H3,(H2,13,14)(H,15,16). The number of amides is 1. The molecule has 1 aromatic rings. The highest BCUT2D eigenvalue weighted by atomic mass is 16.5. The van der Waals surface area contributed by atoms with Gasteiger partial charge in [-0.1, -0.05) is 0 Å². The fourth-order valence-electron chi connectivity index (χ4n) is 1.88. The molecule has 1 fully saturated rings. The van der Waals surface area contributed by atoms with Crippen molar-refractivity contribution in [2.45, 2.75) is 25.3 Å². The minimum Gasteiger partial charge on any atom is -0.384 e. The molecule has 0 spiro atoms. The Labute approximate surface area is 100 Å². The van der Waals surface area contributed by atoms with Gasteiger partial charge in [-0.05, 0) is 31.9 Å². The molecule has 0 bridgehead atoms. The van der Waals surface area contributed by atoms with Crippen molar-refractivity contribution in [1.82, 2.24) is 10.3 Å².